The van der Waals surface area contributed by atoms with Crippen molar-refractivity contribution in [2.45, 2.75) is 0 Å². The summed E-state index contributed by atoms with van der Waals surface area (Å²) in [6.45, 7) is 0. The average Bonchev–Trinajstić information content (AvgIpc) is 3.49. The van der Waals surface area contributed by atoms with Crippen LogP contribution >= 0.6 is 0 Å². The van der Waals surface area contributed by atoms with Crippen LogP contribution in [-0.4, -0.2) is 0 Å². The van der Waals surface area contributed by atoms with Gasteiger partial charge in [0.2, 0.25) is 0 Å². The van der Waals surface area contributed by atoms with Gasteiger partial charge in [-0.3, -0.25) is 0 Å². The van der Waals surface area contributed by atoms with E-state index in [1.807, 2.05) is 54.6 Å². The summed E-state index contributed by atoms with van der Waals surface area (Å²) >= 11 is 0. The van der Waals surface area contributed by atoms with E-state index in [1.165, 1.54) is 0 Å². The lowest BCUT2D eigenvalue weighted by Gasteiger charge is -2.19. The van der Waals surface area contributed by atoms with Gasteiger partial charge in [0.05, 0.1) is 6.85 Å². The van der Waals surface area contributed by atoms with E-state index in [2.05, 4.69) is 72.8 Å². The fraction of sp³-hybridized carbons (Fsp3) is 0. The molecular weight excluding hydrogens is 520 g/mol. The van der Waals surface area contributed by atoms with Crippen molar-refractivity contribution in [3.63, 3.8) is 0 Å². The van der Waals surface area contributed by atoms with Crippen LogP contribution in [-0.2, 0) is 0 Å². The largest absolute Gasteiger partial charge is 0.455 e. The highest BCUT2D eigenvalue weighted by Crippen LogP contribution is 2.48. The average molecular weight is 552 g/mol. The van der Waals surface area contributed by atoms with Gasteiger partial charge in [0.15, 0.2) is 0 Å². The van der Waals surface area contributed by atoms with E-state index in [-0.39, 0.29) is 29.7 Å². The van der Waals surface area contributed by atoms with E-state index >= 15 is 0 Å². The van der Waals surface area contributed by atoms with Gasteiger partial charge in [-0.2, -0.15) is 0 Å². The Kier molecular flexibility index (Phi) is 4.27. The van der Waals surface area contributed by atoms with Crippen LogP contribution in [0.3, 0.4) is 0 Å². The minimum atomic E-state index is -0.403. The molecule has 0 spiro atoms. The maximum absolute atomic E-state index is 8.79. The molecule has 0 aliphatic rings. The number of fused-ring (bicyclic) bond motifs is 6. The van der Waals surface area contributed by atoms with Crippen molar-refractivity contribution in [3.8, 4) is 33.4 Å². The lowest BCUT2D eigenvalue weighted by molar-refractivity contribution is 0.670. The van der Waals surface area contributed by atoms with Gasteiger partial charge in [-0.05, 0) is 66.7 Å². The first-order chi connectivity index (χ1) is 23.4. The van der Waals surface area contributed by atoms with Crippen molar-refractivity contribution in [2.24, 2.45) is 0 Å². The van der Waals surface area contributed by atoms with Crippen molar-refractivity contribution in [3.05, 3.63) is 158 Å². The summed E-state index contributed by atoms with van der Waals surface area (Å²) in [7, 11) is 0. The third kappa shape index (κ3) is 3.65. The van der Waals surface area contributed by atoms with Crippen LogP contribution in [0.15, 0.2) is 162 Å². The molecule has 0 fully saturated rings. The molecule has 9 rings (SSSR count). The molecule has 0 saturated heterocycles. The minimum Gasteiger partial charge on any atom is -0.455 e. The molecule has 0 radical (unpaired) electrons. The van der Waals surface area contributed by atoms with Crippen molar-refractivity contribution < 1.29 is 11.3 Å². The molecule has 1 aromatic heterocycles. The fourth-order valence-electron chi connectivity index (χ4n) is 6.69. The molecule has 200 valence electrons. The summed E-state index contributed by atoms with van der Waals surface area (Å²) in [5.74, 6) is 0. The number of furan rings is 1. The van der Waals surface area contributed by atoms with Gasteiger partial charge in [0, 0.05) is 21.9 Å². The Morgan fingerprint density at radius 3 is 1.60 bits per heavy atom. The highest BCUT2D eigenvalue weighted by Gasteiger charge is 2.21. The molecule has 1 nitrogen and oxygen atoms in total. The monoisotopic (exact) mass is 551 g/mol. The summed E-state index contributed by atoms with van der Waals surface area (Å²) < 4.78 is 49.2. The van der Waals surface area contributed by atoms with Crippen LogP contribution in [0.2, 0.25) is 0 Å². The molecule has 0 aliphatic heterocycles. The topological polar surface area (TPSA) is 13.1 Å². The Bertz CT molecular complexity index is 2710. The number of hydrogen-bond acceptors (Lipinski definition) is 1. The number of rotatable bonds is 3. The van der Waals surface area contributed by atoms with Crippen LogP contribution in [0, 0.1) is 0 Å². The zero-order valence-corrected chi connectivity index (χ0v) is 23.0. The SMILES string of the molecule is [2H]c1c([2H])c([2H])c(-c2ccccc2-c2c3ccccc3c(-c3cccc4c3oc3cc5ccccc5cc34)c3ccccc23)c([2H])c1[2H]. The lowest BCUT2D eigenvalue weighted by atomic mass is 9.83. The van der Waals surface area contributed by atoms with Gasteiger partial charge in [-0.1, -0.05) is 145 Å². The predicted molar refractivity (Wildman–Crippen MR) is 183 cm³/mol. The van der Waals surface area contributed by atoms with Crippen molar-refractivity contribution in [2.75, 3.05) is 0 Å². The summed E-state index contributed by atoms with van der Waals surface area (Å²) in [4.78, 5) is 0. The number of hydrogen-bond donors (Lipinski definition) is 0. The van der Waals surface area contributed by atoms with E-state index in [1.54, 1.807) is 0 Å². The van der Waals surface area contributed by atoms with Crippen LogP contribution in [0.4, 0.5) is 0 Å². The molecule has 0 atom stereocenters. The van der Waals surface area contributed by atoms with E-state index in [9.17, 15) is 0 Å². The Balaban J connectivity index is 1.39. The van der Waals surface area contributed by atoms with Crippen molar-refractivity contribution in [1.29, 1.82) is 0 Å². The molecule has 1 heteroatoms. The van der Waals surface area contributed by atoms with Gasteiger partial charge in [-0.25, -0.2) is 0 Å². The highest BCUT2D eigenvalue weighted by molar-refractivity contribution is 6.25. The first kappa shape index (κ1) is 19.5. The van der Waals surface area contributed by atoms with E-state index in [0.29, 0.717) is 5.56 Å². The second kappa shape index (κ2) is 9.44. The molecule has 8 aromatic carbocycles. The second-order valence-corrected chi connectivity index (χ2v) is 10.9. The number of para-hydroxylation sites is 1. The zero-order chi connectivity index (χ0) is 32.7. The standard InChI is InChI=1S/C42H26O/c1-2-13-27(14-3-1)30-17-6-7-18-31(30)40-32-19-8-10-21-34(32)41(35-22-11-9-20-33(35)40)37-24-12-23-36-38-25-28-15-4-5-16-29(28)26-39(38)43-42(36)37/h1-26H/i1D,2D,3D,13D,14D. The van der Waals surface area contributed by atoms with Gasteiger partial charge in [0.1, 0.15) is 11.2 Å². The Hall–Kier alpha value is -5.66. The molecular formula is C42H26O. The lowest BCUT2D eigenvalue weighted by Crippen LogP contribution is -1.92. The van der Waals surface area contributed by atoms with Gasteiger partial charge in [0.25, 0.3) is 0 Å². The molecule has 0 unspecified atom stereocenters. The van der Waals surface area contributed by atoms with Gasteiger partial charge in [-0.15, -0.1) is 0 Å². The first-order valence-electron chi connectivity index (χ1n) is 16.9. The Morgan fingerprint density at radius 1 is 0.419 bits per heavy atom. The zero-order valence-electron chi connectivity index (χ0n) is 28.0. The summed E-state index contributed by atoms with van der Waals surface area (Å²) in [5, 5.41) is 8.45. The van der Waals surface area contributed by atoms with E-state index in [0.717, 1.165) is 76.5 Å². The summed E-state index contributed by atoms with van der Waals surface area (Å²) in [6, 6.07) is 41.6. The molecule has 0 amide bonds. The van der Waals surface area contributed by atoms with E-state index in [4.69, 9.17) is 11.3 Å². The molecule has 0 N–H and O–H groups in total. The van der Waals surface area contributed by atoms with Crippen molar-refractivity contribution in [1.82, 2.24) is 0 Å². The van der Waals surface area contributed by atoms with Crippen molar-refractivity contribution >= 4 is 54.3 Å². The highest BCUT2D eigenvalue weighted by atomic mass is 16.3. The van der Waals surface area contributed by atoms with Gasteiger partial charge >= 0.3 is 0 Å². The van der Waals surface area contributed by atoms with Crippen LogP contribution < -0.4 is 0 Å². The maximum Gasteiger partial charge on any atom is 0.143 e. The molecule has 1 heterocycles. The number of benzene rings is 8. The van der Waals surface area contributed by atoms with E-state index < -0.39 is 6.04 Å². The molecule has 9 aromatic rings. The quantitative estimate of drug-likeness (QED) is 0.199. The Morgan fingerprint density at radius 2 is 0.930 bits per heavy atom. The van der Waals surface area contributed by atoms with Gasteiger partial charge < -0.3 is 4.42 Å². The maximum atomic E-state index is 8.79. The third-order valence-corrected chi connectivity index (χ3v) is 8.53. The predicted octanol–water partition coefficient (Wildman–Crippen LogP) is 12.0. The molecule has 43 heavy (non-hydrogen) atoms. The molecule has 0 bridgehead atoms. The smallest absolute Gasteiger partial charge is 0.143 e. The molecule has 0 saturated carbocycles. The molecule has 0 aliphatic carbocycles. The summed E-state index contributed by atoms with van der Waals surface area (Å²) in [6.07, 6.45) is 0. The summed E-state index contributed by atoms with van der Waals surface area (Å²) in [5.41, 5.74) is 6.22. The second-order valence-electron chi connectivity index (χ2n) is 10.9. The first-order valence-corrected chi connectivity index (χ1v) is 14.4. The van der Waals surface area contributed by atoms with Crippen LogP contribution in [0.5, 0.6) is 0 Å². The normalized spacial score (nSPS) is 13.3. The fourth-order valence-corrected chi connectivity index (χ4v) is 6.69. The minimum absolute atomic E-state index is 0.188. The van der Waals surface area contributed by atoms with Crippen LogP contribution in [0.25, 0.3) is 87.6 Å². The van der Waals surface area contributed by atoms with Crippen LogP contribution in [0.1, 0.15) is 6.85 Å². The third-order valence-electron chi connectivity index (χ3n) is 8.53. The Labute approximate surface area is 256 Å².